The molecule has 0 aromatic heterocycles. The number of amides is 1. The lowest BCUT2D eigenvalue weighted by Crippen LogP contribution is -2.47. The topological polar surface area (TPSA) is 41.1 Å². The molecule has 2 aromatic rings. The van der Waals surface area contributed by atoms with Gasteiger partial charge < -0.3 is 10.6 Å². The summed E-state index contributed by atoms with van der Waals surface area (Å²) in [5.74, 6) is -0.0324. The van der Waals surface area contributed by atoms with E-state index in [1.54, 1.807) is 0 Å². The number of benzene rings is 2. The van der Waals surface area contributed by atoms with Crippen LogP contribution in [0.5, 0.6) is 0 Å². The van der Waals surface area contributed by atoms with E-state index in [2.05, 4.69) is 16.7 Å². The second-order valence-electron chi connectivity index (χ2n) is 5.12. The average Bonchev–Trinajstić information content (AvgIpc) is 2.41. The Kier molecular flexibility index (Phi) is 2.56. The number of rotatable bonds is 1. The van der Waals surface area contributed by atoms with Gasteiger partial charge in [-0.3, -0.25) is 4.79 Å². The van der Waals surface area contributed by atoms with Gasteiger partial charge in [0.15, 0.2) is 0 Å². The van der Waals surface area contributed by atoms with Crippen LogP contribution < -0.4 is 10.6 Å². The molecule has 2 N–H and O–H groups in total. The summed E-state index contributed by atoms with van der Waals surface area (Å²) in [5, 5.41) is 6.34. The number of anilines is 2. The van der Waals surface area contributed by atoms with Crippen molar-refractivity contribution in [2.24, 2.45) is 0 Å². The Morgan fingerprint density at radius 3 is 2.47 bits per heavy atom. The Hall–Kier alpha value is -2.29. The van der Waals surface area contributed by atoms with Crippen LogP contribution in [-0.2, 0) is 10.3 Å². The Balaban J connectivity index is 2.08. The molecule has 96 valence electrons. The van der Waals surface area contributed by atoms with Gasteiger partial charge in [0.2, 0.25) is 0 Å². The van der Waals surface area contributed by atoms with Gasteiger partial charge in [-0.05, 0) is 37.1 Å². The number of carbonyl (C=O) groups is 1. The number of hydrogen-bond donors (Lipinski definition) is 2. The number of aryl methyl sites for hydroxylation is 1. The monoisotopic (exact) mass is 252 g/mol. The third-order valence-electron chi connectivity index (χ3n) is 3.61. The third kappa shape index (κ3) is 1.87. The first-order valence-corrected chi connectivity index (χ1v) is 6.35. The summed E-state index contributed by atoms with van der Waals surface area (Å²) < 4.78 is 0. The zero-order chi connectivity index (χ0) is 13.5. The third-order valence-corrected chi connectivity index (χ3v) is 3.61. The standard InChI is InChI=1S/C16H16N2O/c1-11-8-9-13-14(10-11)18-16(2,15(19)17-13)12-6-4-3-5-7-12/h3-10,18H,1-2H3,(H,17,19). The molecule has 2 aromatic carbocycles. The molecule has 0 saturated heterocycles. The molecule has 0 radical (unpaired) electrons. The minimum absolute atomic E-state index is 0.0324. The quantitative estimate of drug-likeness (QED) is 0.817. The summed E-state index contributed by atoms with van der Waals surface area (Å²) in [6.07, 6.45) is 0. The van der Waals surface area contributed by atoms with Crippen LogP contribution in [-0.4, -0.2) is 5.91 Å². The first kappa shape index (κ1) is 11.8. The summed E-state index contributed by atoms with van der Waals surface area (Å²) in [5.41, 5.74) is 3.19. The molecule has 0 aliphatic carbocycles. The van der Waals surface area contributed by atoms with Gasteiger partial charge in [0.05, 0.1) is 11.4 Å². The van der Waals surface area contributed by atoms with E-state index in [9.17, 15) is 4.79 Å². The zero-order valence-electron chi connectivity index (χ0n) is 11.0. The number of nitrogens with one attached hydrogen (secondary N) is 2. The molecule has 3 nitrogen and oxygen atoms in total. The van der Waals surface area contributed by atoms with Gasteiger partial charge >= 0.3 is 0 Å². The van der Waals surface area contributed by atoms with Crippen molar-refractivity contribution in [1.29, 1.82) is 0 Å². The molecule has 3 heteroatoms. The summed E-state index contributed by atoms with van der Waals surface area (Å²) in [6.45, 7) is 3.95. The van der Waals surface area contributed by atoms with E-state index in [1.165, 1.54) is 0 Å². The zero-order valence-corrected chi connectivity index (χ0v) is 11.0. The van der Waals surface area contributed by atoms with Crippen molar-refractivity contribution >= 4 is 17.3 Å². The van der Waals surface area contributed by atoms with Crippen molar-refractivity contribution in [3.63, 3.8) is 0 Å². The van der Waals surface area contributed by atoms with E-state index in [0.29, 0.717) is 0 Å². The first-order chi connectivity index (χ1) is 9.09. The van der Waals surface area contributed by atoms with Crippen LogP contribution in [0.1, 0.15) is 18.1 Å². The van der Waals surface area contributed by atoms with Crippen LogP contribution in [0.25, 0.3) is 0 Å². The average molecular weight is 252 g/mol. The second-order valence-corrected chi connectivity index (χ2v) is 5.12. The largest absolute Gasteiger partial charge is 0.366 e. The molecule has 19 heavy (non-hydrogen) atoms. The number of hydrogen-bond acceptors (Lipinski definition) is 2. The molecule has 1 unspecified atom stereocenters. The van der Waals surface area contributed by atoms with Gasteiger partial charge in [-0.25, -0.2) is 0 Å². The maximum Gasteiger partial charge on any atom is 0.254 e. The smallest absolute Gasteiger partial charge is 0.254 e. The molecular weight excluding hydrogens is 236 g/mol. The highest BCUT2D eigenvalue weighted by Gasteiger charge is 2.39. The summed E-state index contributed by atoms with van der Waals surface area (Å²) in [6, 6.07) is 15.7. The van der Waals surface area contributed by atoms with Gasteiger partial charge in [0.1, 0.15) is 5.54 Å². The molecular formula is C16H16N2O. The highest BCUT2D eigenvalue weighted by Crippen LogP contribution is 2.36. The fourth-order valence-corrected chi connectivity index (χ4v) is 2.42. The Labute approximate surface area is 112 Å². The Morgan fingerprint density at radius 2 is 1.74 bits per heavy atom. The van der Waals surface area contributed by atoms with Crippen molar-refractivity contribution in [2.75, 3.05) is 10.6 Å². The lowest BCUT2D eigenvalue weighted by Gasteiger charge is -2.36. The van der Waals surface area contributed by atoms with Crippen molar-refractivity contribution in [2.45, 2.75) is 19.4 Å². The van der Waals surface area contributed by atoms with Gasteiger partial charge in [0.25, 0.3) is 5.91 Å². The molecule has 0 fully saturated rings. The van der Waals surface area contributed by atoms with Gasteiger partial charge in [-0.15, -0.1) is 0 Å². The molecule has 1 heterocycles. The molecule has 0 saturated carbocycles. The number of fused-ring (bicyclic) bond motifs is 1. The maximum absolute atomic E-state index is 12.4. The van der Waals surface area contributed by atoms with E-state index >= 15 is 0 Å². The summed E-state index contributed by atoms with van der Waals surface area (Å²) in [7, 11) is 0. The fraction of sp³-hybridized carbons (Fsp3) is 0.188. The Morgan fingerprint density at radius 1 is 1.00 bits per heavy atom. The van der Waals surface area contributed by atoms with Gasteiger partial charge in [0, 0.05) is 0 Å². The number of carbonyl (C=O) groups excluding carboxylic acids is 1. The van der Waals surface area contributed by atoms with E-state index in [0.717, 1.165) is 22.5 Å². The molecule has 1 atom stereocenters. The molecule has 0 bridgehead atoms. The van der Waals surface area contributed by atoms with E-state index in [1.807, 2.05) is 56.3 Å². The summed E-state index contributed by atoms with van der Waals surface area (Å²) in [4.78, 5) is 12.4. The normalized spacial score (nSPS) is 21.3. The second kappa shape index (κ2) is 4.12. The predicted octanol–water partition coefficient (Wildman–Crippen LogP) is 3.27. The van der Waals surface area contributed by atoms with Crippen molar-refractivity contribution < 1.29 is 4.79 Å². The van der Waals surface area contributed by atoms with Crippen LogP contribution in [0.4, 0.5) is 11.4 Å². The fourth-order valence-electron chi connectivity index (χ4n) is 2.42. The highest BCUT2D eigenvalue weighted by molar-refractivity contribution is 6.06. The van der Waals surface area contributed by atoms with E-state index in [4.69, 9.17) is 0 Å². The van der Waals surface area contributed by atoms with Crippen LogP contribution >= 0.6 is 0 Å². The van der Waals surface area contributed by atoms with Gasteiger partial charge in [-0.2, -0.15) is 0 Å². The van der Waals surface area contributed by atoms with Gasteiger partial charge in [-0.1, -0.05) is 36.4 Å². The molecule has 1 aliphatic rings. The minimum Gasteiger partial charge on any atom is -0.366 e. The minimum atomic E-state index is -0.734. The predicted molar refractivity (Wildman–Crippen MR) is 77.2 cm³/mol. The Bertz CT molecular complexity index is 636. The first-order valence-electron chi connectivity index (χ1n) is 6.35. The van der Waals surface area contributed by atoms with Crippen molar-refractivity contribution in [3.8, 4) is 0 Å². The molecule has 3 rings (SSSR count). The highest BCUT2D eigenvalue weighted by atomic mass is 16.2. The van der Waals surface area contributed by atoms with Crippen molar-refractivity contribution in [1.82, 2.24) is 0 Å². The van der Waals surface area contributed by atoms with Crippen LogP contribution in [0.15, 0.2) is 48.5 Å². The molecule has 0 spiro atoms. The van der Waals surface area contributed by atoms with E-state index < -0.39 is 5.54 Å². The van der Waals surface area contributed by atoms with E-state index in [-0.39, 0.29) is 5.91 Å². The lowest BCUT2D eigenvalue weighted by molar-refractivity contribution is -0.120. The SMILES string of the molecule is Cc1ccc2c(c1)NC(C)(c1ccccc1)C(=O)N2. The molecule has 1 aliphatic heterocycles. The lowest BCUT2D eigenvalue weighted by atomic mass is 9.88. The van der Waals surface area contributed by atoms with Crippen LogP contribution in [0, 0.1) is 6.92 Å². The van der Waals surface area contributed by atoms with Crippen LogP contribution in [0.3, 0.4) is 0 Å². The summed E-state index contributed by atoms with van der Waals surface area (Å²) >= 11 is 0. The maximum atomic E-state index is 12.4. The van der Waals surface area contributed by atoms with Crippen molar-refractivity contribution in [3.05, 3.63) is 59.7 Å². The molecule has 1 amide bonds. The van der Waals surface area contributed by atoms with Crippen LogP contribution in [0.2, 0.25) is 0 Å².